The van der Waals surface area contributed by atoms with Gasteiger partial charge in [-0.2, -0.15) is 0 Å². The van der Waals surface area contributed by atoms with E-state index in [4.69, 9.17) is 4.74 Å². The number of morpholine rings is 1. The number of ether oxygens (including phenoxy) is 1. The van der Waals surface area contributed by atoms with Crippen LogP contribution in [0.3, 0.4) is 0 Å². The number of benzene rings is 2. The third-order valence-electron chi connectivity index (χ3n) is 4.25. The molecule has 0 spiro atoms. The summed E-state index contributed by atoms with van der Waals surface area (Å²) in [6.07, 6.45) is 0.108. The minimum atomic E-state index is -0.271. The molecule has 1 aliphatic heterocycles. The molecule has 2 unspecified atom stereocenters. The Balaban J connectivity index is 1.80. The molecule has 0 radical (unpaired) electrons. The Labute approximate surface area is 130 Å². The van der Waals surface area contributed by atoms with E-state index in [0.717, 1.165) is 16.3 Å². The summed E-state index contributed by atoms with van der Waals surface area (Å²) in [7, 11) is 0. The summed E-state index contributed by atoms with van der Waals surface area (Å²) in [5.74, 6) is 0.0885. The second-order valence-corrected chi connectivity index (χ2v) is 5.85. The van der Waals surface area contributed by atoms with Gasteiger partial charge < -0.3 is 14.7 Å². The van der Waals surface area contributed by atoms with Gasteiger partial charge in [0.15, 0.2) is 0 Å². The van der Waals surface area contributed by atoms with Crippen LogP contribution in [0.2, 0.25) is 0 Å². The molecule has 1 amide bonds. The lowest BCUT2D eigenvalue weighted by atomic mass is 10.0. The van der Waals surface area contributed by atoms with Gasteiger partial charge in [-0.1, -0.05) is 42.5 Å². The van der Waals surface area contributed by atoms with E-state index in [1.165, 1.54) is 0 Å². The molecule has 2 atom stereocenters. The number of rotatable bonds is 3. The first-order chi connectivity index (χ1) is 10.7. The first kappa shape index (κ1) is 15.0. The number of carbonyl (C=O) groups excluding carboxylic acids is 1. The molecule has 4 nitrogen and oxygen atoms in total. The van der Waals surface area contributed by atoms with Gasteiger partial charge in [0.05, 0.1) is 31.8 Å². The third-order valence-corrected chi connectivity index (χ3v) is 4.25. The van der Waals surface area contributed by atoms with Crippen LogP contribution in [-0.4, -0.2) is 47.8 Å². The van der Waals surface area contributed by atoms with Crippen LogP contribution in [0.5, 0.6) is 0 Å². The van der Waals surface area contributed by atoms with Crippen molar-refractivity contribution in [3.8, 4) is 0 Å². The Bertz CT molecular complexity index is 665. The molecule has 116 valence electrons. The molecule has 1 N–H and O–H groups in total. The highest BCUT2D eigenvalue weighted by Gasteiger charge is 2.29. The van der Waals surface area contributed by atoms with Gasteiger partial charge in [0.25, 0.3) is 0 Å². The van der Waals surface area contributed by atoms with Crippen molar-refractivity contribution in [1.29, 1.82) is 0 Å². The quantitative estimate of drug-likeness (QED) is 0.943. The normalized spacial score (nSPS) is 22.0. The molecule has 22 heavy (non-hydrogen) atoms. The summed E-state index contributed by atoms with van der Waals surface area (Å²) >= 11 is 0. The Kier molecular flexibility index (Phi) is 4.41. The predicted molar refractivity (Wildman–Crippen MR) is 85.7 cm³/mol. The van der Waals surface area contributed by atoms with Gasteiger partial charge in [0, 0.05) is 6.54 Å². The second kappa shape index (κ2) is 6.46. The van der Waals surface area contributed by atoms with Crippen molar-refractivity contribution >= 4 is 16.7 Å². The molecule has 1 saturated heterocycles. The van der Waals surface area contributed by atoms with E-state index in [1.54, 1.807) is 0 Å². The van der Waals surface area contributed by atoms with Crippen molar-refractivity contribution in [3.63, 3.8) is 0 Å². The van der Waals surface area contributed by atoms with Gasteiger partial charge in [-0.15, -0.1) is 0 Å². The summed E-state index contributed by atoms with van der Waals surface area (Å²) in [6, 6.07) is 14.2. The zero-order valence-electron chi connectivity index (χ0n) is 12.7. The third kappa shape index (κ3) is 2.98. The molecule has 0 saturated carbocycles. The van der Waals surface area contributed by atoms with Crippen LogP contribution in [0.1, 0.15) is 12.5 Å². The van der Waals surface area contributed by atoms with E-state index >= 15 is 0 Å². The number of hydrogen-bond acceptors (Lipinski definition) is 3. The van der Waals surface area contributed by atoms with E-state index in [1.807, 2.05) is 36.1 Å². The van der Waals surface area contributed by atoms with Gasteiger partial charge in [0.2, 0.25) is 5.91 Å². The molecule has 1 fully saturated rings. The summed E-state index contributed by atoms with van der Waals surface area (Å²) in [5.41, 5.74) is 1.04. The number of amides is 1. The second-order valence-electron chi connectivity index (χ2n) is 5.85. The molecule has 1 aliphatic rings. The van der Waals surface area contributed by atoms with Crippen molar-refractivity contribution < 1.29 is 14.6 Å². The topological polar surface area (TPSA) is 49.8 Å². The molecule has 4 heteroatoms. The number of aliphatic hydroxyl groups excluding tert-OH is 1. The van der Waals surface area contributed by atoms with E-state index in [2.05, 4.69) is 18.2 Å². The first-order valence-electron chi connectivity index (χ1n) is 7.67. The SMILES string of the molecule is CC1COC(CO)CN1C(=O)Cc1cccc2ccccc12. The van der Waals surface area contributed by atoms with Crippen molar-refractivity contribution in [2.24, 2.45) is 0 Å². The zero-order chi connectivity index (χ0) is 15.5. The van der Waals surface area contributed by atoms with Gasteiger partial charge in [-0.25, -0.2) is 0 Å². The van der Waals surface area contributed by atoms with Crippen LogP contribution in [0, 0.1) is 0 Å². The summed E-state index contributed by atoms with van der Waals surface area (Å²) in [5, 5.41) is 11.5. The van der Waals surface area contributed by atoms with Crippen LogP contribution < -0.4 is 0 Å². The highest BCUT2D eigenvalue weighted by molar-refractivity contribution is 5.90. The molecule has 2 aromatic rings. The molecule has 2 aromatic carbocycles. The van der Waals surface area contributed by atoms with E-state index in [9.17, 15) is 9.90 Å². The van der Waals surface area contributed by atoms with E-state index in [0.29, 0.717) is 19.6 Å². The predicted octanol–water partition coefficient (Wildman–Crippen LogP) is 1.99. The molecular weight excluding hydrogens is 278 g/mol. The number of aliphatic hydroxyl groups is 1. The lowest BCUT2D eigenvalue weighted by molar-refractivity contribution is -0.145. The highest BCUT2D eigenvalue weighted by atomic mass is 16.5. The summed E-state index contributed by atoms with van der Waals surface area (Å²) in [6.45, 7) is 2.87. The van der Waals surface area contributed by atoms with Crippen LogP contribution in [0.15, 0.2) is 42.5 Å². The standard InChI is InChI=1S/C18H21NO3/c1-13-12-22-16(11-20)10-19(13)18(21)9-15-7-4-6-14-5-2-3-8-17(14)15/h2-8,13,16,20H,9-12H2,1H3. The lowest BCUT2D eigenvalue weighted by Crippen LogP contribution is -2.52. The molecule has 0 aromatic heterocycles. The van der Waals surface area contributed by atoms with Crippen molar-refractivity contribution in [2.75, 3.05) is 19.8 Å². The van der Waals surface area contributed by atoms with Gasteiger partial charge in [-0.05, 0) is 23.3 Å². The van der Waals surface area contributed by atoms with Gasteiger partial charge in [0.1, 0.15) is 0 Å². The minimum absolute atomic E-state index is 0.0466. The van der Waals surface area contributed by atoms with Crippen LogP contribution in [-0.2, 0) is 16.0 Å². The van der Waals surface area contributed by atoms with Gasteiger partial charge in [-0.3, -0.25) is 4.79 Å². The van der Waals surface area contributed by atoms with Crippen LogP contribution in [0.4, 0.5) is 0 Å². The van der Waals surface area contributed by atoms with E-state index < -0.39 is 0 Å². The monoisotopic (exact) mass is 299 g/mol. The maximum Gasteiger partial charge on any atom is 0.227 e. The Hall–Kier alpha value is -1.91. The average molecular weight is 299 g/mol. The number of fused-ring (bicyclic) bond motifs is 1. The summed E-state index contributed by atoms with van der Waals surface area (Å²) < 4.78 is 5.50. The summed E-state index contributed by atoms with van der Waals surface area (Å²) in [4.78, 5) is 14.5. The fourth-order valence-electron chi connectivity index (χ4n) is 2.99. The number of hydrogen-bond donors (Lipinski definition) is 1. The van der Waals surface area contributed by atoms with Crippen molar-refractivity contribution in [2.45, 2.75) is 25.5 Å². The van der Waals surface area contributed by atoms with Crippen molar-refractivity contribution in [3.05, 3.63) is 48.0 Å². The maximum atomic E-state index is 12.7. The fourth-order valence-corrected chi connectivity index (χ4v) is 2.99. The molecular formula is C18H21NO3. The minimum Gasteiger partial charge on any atom is -0.394 e. The highest BCUT2D eigenvalue weighted by Crippen LogP contribution is 2.21. The van der Waals surface area contributed by atoms with Crippen molar-refractivity contribution in [1.82, 2.24) is 4.90 Å². The Morgan fingerprint density at radius 1 is 1.27 bits per heavy atom. The zero-order valence-corrected chi connectivity index (χ0v) is 12.7. The van der Waals surface area contributed by atoms with Crippen LogP contribution in [0.25, 0.3) is 10.8 Å². The lowest BCUT2D eigenvalue weighted by Gasteiger charge is -2.37. The van der Waals surface area contributed by atoms with E-state index in [-0.39, 0.29) is 24.7 Å². The Morgan fingerprint density at radius 2 is 2.05 bits per heavy atom. The van der Waals surface area contributed by atoms with Crippen LogP contribution >= 0.6 is 0 Å². The van der Waals surface area contributed by atoms with Gasteiger partial charge >= 0.3 is 0 Å². The maximum absolute atomic E-state index is 12.7. The molecule has 1 heterocycles. The molecule has 3 rings (SSSR count). The fraction of sp³-hybridized carbons (Fsp3) is 0.389. The largest absolute Gasteiger partial charge is 0.394 e. The number of nitrogens with zero attached hydrogens (tertiary/aromatic N) is 1. The smallest absolute Gasteiger partial charge is 0.227 e. The average Bonchev–Trinajstić information content (AvgIpc) is 2.55. The Morgan fingerprint density at radius 3 is 2.86 bits per heavy atom. The first-order valence-corrected chi connectivity index (χ1v) is 7.67. The molecule has 0 bridgehead atoms. The molecule has 0 aliphatic carbocycles. The number of carbonyl (C=O) groups is 1.